The average Bonchev–Trinajstić information content (AvgIpc) is 2.47. The molecule has 1 rings (SSSR count). The number of likely N-dealkylation sites (tertiary alicyclic amines) is 1. The van der Waals surface area contributed by atoms with Crippen LogP contribution in [0.25, 0.3) is 0 Å². The minimum atomic E-state index is -0.678. The van der Waals surface area contributed by atoms with Gasteiger partial charge in [0.25, 0.3) is 0 Å². The van der Waals surface area contributed by atoms with Gasteiger partial charge in [0.2, 0.25) is 0 Å². The molecule has 0 aromatic heterocycles. The molecule has 0 saturated carbocycles. The van der Waals surface area contributed by atoms with E-state index in [0.717, 1.165) is 19.4 Å². The highest BCUT2D eigenvalue weighted by Crippen LogP contribution is 2.32. The highest BCUT2D eigenvalue weighted by molar-refractivity contribution is 5.78. The van der Waals surface area contributed by atoms with E-state index in [1.807, 2.05) is 6.92 Å². The van der Waals surface area contributed by atoms with Gasteiger partial charge in [-0.05, 0) is 39.2 Å². The maximum absolute atomic E-state index is 11.2. The van der Waals surface area contributed by atoms with Crippen LogP contribution in [0, 0.1) is 5.92 Å². The lowest BCUT2D eigenvalue weighted by atomic mass is 9.95. The van der Waals surface area contributed by atoms with E-state index in [4.69, 9.17) is 0 Å². The minimum Gasteiger partial charge on any atom is -0.480 e. The molecular weight excluding hydrogens is 178 g/mol. The van der Waals surface area contributed by atoms with Gasteiger partial charge in [0.05, 0.1) is 0 Å². The summed E-state index contributed by atoms with van der Waals surface area (Å²) in [5, 5.41) is 9.23. The Bertz CT molecular complexity index is 227. The summed E-state index contributed by atoms with van der Waals surface area (Å²) in [4.78, 5) is 13.4. The number of carboxylic acid groups (broad SMARTS) is 1. The second kappa shape index (κ2) is 3.89. The summed E-state index contributed by atoms with van der Waals surface area (Å²) in [6, 6.07) is 0.346. The Labute approximate surface area is 86.1 Å². The van der Waals surface area contributed by atoms with Crippen molar-refractivity contribution in [2.24, 2.45) is 5.92 Å². The fourth-order valence-electron chi connectivity index (χ4n) is 2.23. The molecular formula is C11H21NO2. The Balaban J connectivity index is 2.83. The van der Waals surface area contributed by atoms with Gasteiger partial charge in [-0.3, -0.25) is 9.69 Å². The van der Waals surface area contributed by atoms with Gasteiger partial charge in [-0.15, -0.1) is 0 Å². The van der Waals surface area contributed by atoms with Crippen molar-refractivity contribution in [3.8, 4) is 0 Å². The number of hydrogen-bond donors (Lipinski definition) is 1. The van der Waals surface area contributed by atoms with Gasteiger partial charge >= 0.3 is 5.97 Å². The molecule has 1 heterocycles. The molecule has 1 N–H and O–H groups in total. The Morgan fingerprint density at radius 1 is 1.43 bits per heavy atom. The van der Waals surface area contributed by atoms with Crippen LogP contribution in [-0.2, 0) is 4.79 Å². The van der Waals surface area contributed by atoms with Gasteiger partial charge in [0.15, 0.2) is 0 Å². The molecule has 0 spiro atoms. The fourth-order valence-corrected chi connectivity index (χ4v) is 2.23. The zero-order valence-corrected chi connectivity index (χ0v) is 9.58. The van der Waals surface area contributed by atoms with Gasteiger partial charge in [0, 0.05) is 6.04 Å². The van der Waals surface area contributed by atoms with Crippen LogP contribution in [0.5, 0.6) is 0 Å². The van der Waals surface area contributed by atoms with Gasteiger partial charge in [0.1, 0.15) is 5.54 Å². The second-order valence-corrected chi connectivity index (χ2v) is 4.86. The third kappa shape index (κ3) is 1.78. The highest BCUT2D eigenvalue weighted by atomic mass is 16.4. The Morgan fingerprint density at radius 2 is 2.00 bits per heavy atom. The normalized spacial score (nSPS) is 30.9. The van der Waals surface area contributed by atoms with E-state index < -0.39 is 11.5 Å². The van der Waals surface area contributed by atoms with Crippen LogP contribution in [0.15, 0.2) is 0 Å². The first kappa shape index (κ1) is 11.5. The summed E-state index contributed by atoms with van der Waals surface area (Å²) in [5.74, 6) is -0.172. The van der Waals surface area contributed by atoms with Gasteiger partial charge in [-0.1, -0.05) is 13.8 Å². The molecule has 1 aliphatic rings. The van der Waals surface area contributed by atoms with Crippen molar-refractivity contribution >= 4 is 5.97 Å². The van der Waals surface area contributed by atoms with Crippen molar-refractivity contribution in [1.29, 1.82) is 0 Å². The monoisotopic (exact) mass is 199 g/mol. The molecule has 0 amide bonds. The quantitative estimate of drug-likeness (QED) is 0.755. The molecule has 0 aromatic rings. The molecule has 1 aliphatic heterocycles. The molecule has 82 valence electrons. The van der Waals surface area contributed by atoms with Crippen LogP contribution in [0.4, 0.5) is 0 Å². The first-order valence-electron chi connectivity index (χ1n) is 5.39. The number of hydrogen-bond acceptors (Lipinski definition) is 2. The number of carboxylic acids is 1. The first-order valence-corrected chi connectivity index (χ1v) is 5.39. The van der Waals surface area contributed by atoms with Gasteiger partial charge in [-0.2, -0.15) is 0 Å². The van der Waals surface area contributed by atoms with E-state index in [0.29, 0.717) is 12.0 Å². The smallest absolute Gasteiger partial charge is 0.323 e. The van der Waals surface area contributed by atoms with Gasteiger partial charge < -0.3 is 5.11 Å². The van der Waals surface area contributed by atoms with Crippen molar-refractivity contribution < 1.29 is 9.90 Å². The van der Waals surface area contributed by atoms with Crippen LogP contribution in [0.2, 0.25) is 0 Å². The van der Waals surface area contributed by atoms with E-state index in [-0.39, 0.29) is 0 Å². The van der Waals surface area contributed by atoms with Crippen LogP contribution in [0.3, 0.4) is 0 Å². The van der Waals surface area contributed by atoms with Crippen molar-refractivity contribution in [1.82, 2.24) is 4.90 Å². The molecule has 2 atom stereocenters. The molecule has 3 nitrogen and oxygen atoms in total. The number of nitrogens with zero attached hydrogens (tertiary/aromatic N) is 1. The standard InChI is InChI=1S/C11H21NO2/c1-8(2)9(3)12-7-5-6-11(12,4)10(13)14/h8-9H,5-7H2,1-4H3,(H,13,14). The van der Waals surface area contributed by atoms with Crippen molar-refractivity contribution in [3.05, 3.63) is 0 Å². The Morgan fingerprint density at radius 3 is 2.43 bits per heavy atom. The Kier molecular flexibility index (Phi) is 3.20. The fraction of sp³-hybridized carbons (Fsp3) is 0.909. The van der Waals surface area contributed by atoms with E-state index in [9.17, 15) is 9.90 Å². The lowest BCUT2D eigenvalue weighted by Crippen LogP contribution is -2.53. The summed E-state index contributed by atoms with van der Waals surface area (Å²) in [6.07, 6.45) is 1.78. The Hall–Kier alpha value is -0.570. The van der Waals surface area contributed by atoms with E-state index >= 15 is 0 Å². The predicted octanol–water partition coefficient (Wildman–Crippen LogP) is 1.97. The van der Waals surface area contributed by atoms with E-state index in [1.165, 1.54) is 0 Å². The van der Waals surface area contributed by atoms with Crippen LogP contribution < -0.4 is 0 Å². The number of carbonyl (C=O) groups is 1. The van der Waals surface area contributed by atoms with E-state index in [1.54, 1.807) is 0 Å². The average molecular weight is 199 g/mol. The molecule has 1 saturated heterocycles. The lowest BCUT2D eigenvalue weighted by Gasteiger charge is -2.38. The van der Waals surface area contributed by atoms with Crippen LogP contribution in [0.1, 0.15) is 40.5 Å². The third-order valence-electron chi connectivity index (χ3n) is 3.61. The maximum atomic E-state index is 11.2. The van der Waals surface area contributed by atoms with Crippen molar-refractivity contribution in [3.63, 3.8) is 0 Å². The van der Waals surface area contributed by atoms with Crippen LogP contribution >= 0.6 is 0 Å². The summed E-state index contributed by atoms with van der Waals surface area (Å²) in [5.41, 5.74) is -0.635. The first-order chi connectivity index (χ1) is 6.39. The molecule has 0 bridgehead atoms. The molecule has 3 heteroatoms. The zero-order chi connectivity index (χ0) is 10.9. The molecule has 0 aromatic carbocycles. The highest BCUT2D eigenvalue weighted by Gasteiger charge is 2.45. The van der Waals surface area contributed by atoms with E-state index in [2.05, 4.69) is 25.7 Å². The lowest BCUT2D eigenvalue weighted by molar-refractivity contribution is -0.150. The van der Waals surface area contributed by atoms with Gasteiger partial charge in [-0.25, -0.2) is 0 Å². The third-order valence-corrected chi connectivity index (χ3v) is 3.61. The molecule has 1 fully saturated rings. The summed E-state index contributed by atoms with van der Waals surface area (Å²) < 4.78 is 0. The largest absolute Gasteiger partial charge is 0.480 e. The summed E-state index contributed by atoms with van der Waals surface area (Å²) in [7, 11) is 0. The molecule has 0 radical (unpaired) electrons. The van der Waals surface area contributed by atoms with Crippen LogP contribution in [-0.4, -0.2) is 34.1 Å². The maximum Gasteiger partial charge on any atom is 0.323 e. The second-order valence-electron chi connectivity index (χ2n) is 4.86. The number of rotatable bonds is 3. The summed E-state index contributed by atoms with van der Waals surface area (Å²) in [6.45, 7) is 9.18. The predicted molar refractivity (Wildman–Crippen MR) is 56.3 cm³/mol. The molecule has 0 aliphatic carbocycles. The molecule has 14 heavy (non-hydrogen) atoms. The zero-order valence-electron chi connectivity index (χ0n) is 9.58. The SMILES string of the molecule is CC(C)C(C)N1CCCC1(C)C(=O)O. The van der Waals surface area contributed by atoms with Crippen molar-refractivity contribution in [2.75, 3.05) is 6.54 Å². The minimum absolute atomic E-state index is 0.346. The summed E-state index contributed by atoms with van der Waals surface area (Å²) >= 11 is 0. The molecule has 2 unspecified atom stereocenters. The topological polar surface area (TPSA) is 40.5 Å². The number of aliphatic carboxylic acids is 1. The van der Waals surface area contributed by atoms with Crippen molar-refractivity contribution in [2.45, 2.75) is 52.1 Å².